The van der Waals surface area contributed by atoms with Crippen LogP contribution in [0.15, 0.2) is 47.4 Å². The molecule has 26 heavy (non-hydrogen) atoms. The summed E-state index contributed by atoms with van der Waals surface area (Å²) in [4.78, 5) is 12.3. The third kappa shape index (κ3) is 4.28. The monoisotopic (exact) mass is 376 g/mol. The number of carbonyl (C=O) groups excluding carboxylic acids is 1. The van der Waals surface area contributed by atoms with Crippen LogP contribution in [0.3, 0.4) is 0 Å². The molecule has 1 aliphatic carbocycles. The van der Waals surface area contributed by atoms with E-state index in [0.717, 1.165) is 43.4 Å². The van der Waals surface area contributed by atoms with Gasteiger partial charge in [0.1, 0.15) is 5.82 Å². The zero-order valence-corrected chi connectivity index (χ0v) is 15.3. The number of halogens is 1. The molecule has 0 heterocycles. The van der Waals surface area contributed by atoms with Gasteiger partial charge in [0.25, 0.3) is 5.91 Å². The van der Waals surface area contributed by atoms with E-state index in [2.05, 4.69) is 10.0 Å². The molecule has 0 atom stereocenters. The molecule has 3 rings (SSSR count). The van der Waals surface area contributed by atoms with Crippen molar-refractivity contribution in [3.63, 3.8) is 0 Å². The van der Waals surface area contributed by atoms with Crippen molar-refractivity contribution >= 4 is 21.6 Å². The molecule has 5 nitrogen and oxygen atoms in total. The zero-order valence-electron chi connectivity index (χ0n) is 14.5. The average Bonchev–Trinajstić information content (AvgIpc) is 3.07. The van der Waals surface area contributed by atoms with Crippen molar-refractivity contribution in [1.29, 1.82) is 0 Å². The fourth-order valence-corrected chi connectivity index (χ4v) is 4.43. The van der Waals surface area contributed by atoms with Gasteiger partial charge in [-0.3, -0.25) is 4.79 Å². The van der Waals surface area contributed by atoms with Gasteiger partial charge in [0.05, 0.1) is 10.5 Å². The van der Waals surface area contributed by atoms with E-state index >= 15 is 0 Å². The van der Waals surface area contributed by atoms with Crippen molar-refractivity contribution in [2.75, 3.05) is 5.32 Å². The summed E-state index contributed by atoms with van der Waals surface area (Å²) in [5.41, 5.74) is 1.16. The number of nitrogens with one attached hydrogen (secondary N) is 2. The largest absolute Gasteiger partial charge is 0.322 e. The van der Waals surface area contributed by atoms with Crippen LogP contribution < -0.4 is 10.0 Å². The third-order valence-corrected chi connectivity index (χ3v) is 5.96. The van der Waals surface area contributed by atoms with Crippen LogP contribution in [-0.4, -0.2) is 20.4 Å². The minimum atomic E-state index is -3.79. The number of rotatable bonds is 5. The van der Waals surface area contributed by atoms with Gasteiger partial charge in [0, 0.05) is 11.7 Å². The van der Waals surface area contributed by atoms with E-state index in [4.69, 9.17) is 0 Å². The van der Waals surface area contributed by atoms with Crippen LogP contribution in [-0.2, 0) is 10.0 Å². The molecule has 0 aromatic heterocycles. The van der Waals surface area contributed by atoms with Gasteiger partial charge in [-0.25, -0.2) is 17.5 Å². The Hall–Kier alpha value is -2.25. The zero-order chi connectivity index (χ0) is 18.7. The molecule has 0 radical (unpaired) electrons. The van der Waals surface area contributed by atoms with E-state index in [1.807, 2.05) is 13.0 Å². The van der Waals surface area contributed by atoms with Crippen LogP contribution in [0.25, 0.3) is 0 Å². The highest BCUT2D eigenvalue weighted by molar-refractivity contribution is 7.89. The summed E-state index contributed by atoms with van der Waals surface area (Å²) >= 11 is 0. The molecule has 0 aliphatic heterocycles. The molecule has 0 spiro atoms. The summed E-state index contributed by atoms with van der Waals surface area (Å²) in [7, 11) is -3.79. The van der Waals surface area contributed by atoms with E-state index in [0.29, 0.717) is 5.69 Å². The number of sulfonamides is 1. The highest BCUT2D eigenvalue weighted by atomic mass is 32.2. The van der Waals surface area contributed by atoms with Gasteiger partial charge in [-0.15, -0.1) is 0 Å². The van der Waals surface area contributed by atoms with Gasteiger partial charge in [-0.2, -0.15) is 0 Å². The summed E-state index contributed by atoms with van der Waals surface area (Å²) in [5.74, 6) is -1.46. The SMILES string of the molecule is Cc1cccc(NC(=O)c2cc(S(=O)(=O)NC3CCCC3)ccc2F)c1. The minimum absolute atomic E-state index is 0.102. The molecular weight excluding hydrogens is 355 g/mol. The number of amides is 1. The first-order chi connectivity index (χ1) is 12.3. The van der Waals surface area contributed by atoms with Gasteiger partial charge in [-0.05, 0) is 55.7 Å². The molecule has 0 saturated heterocycles. The van der Waals surface area contributed by atoms with Gasteiger partial charge in [0.15, 0.2) is 0 Å². The Morgan fingerprint density at radius 1 is 1.12 bits per heavy atom. The van der Waals surface area contributed by atoms with Crippen molar-refractivity contribution in [1.82, 2.24) is 4.72 Å². The third-order valence-electron chi connectivity index (χ3n) is 4.45. The summed E-state index contributed by atoms with van der Waals surface area (Å²) < 4.78 is 41.8. The minimum Gasteiger partial charge on any atom is -0.322 e. The molecule has 2 aromatic rings. The standard InChI is InChI=1S/C19H21FN2O3S/c1-13-5-4-8-15(11-13)21-19(23)17-12-16(9-10-18(17)20)26(24,25)22-14-6-2-3-7-14/h4-5,8-12,14,22H,2-3,6-7H2,1H3,(H,21,23). The van der Waals surface area contributed by atoms with Crippen LogP contribution in [0.1, 0.15) is 41.6 Å². The first-order valence-electron chi connectivity index (χ1n) is 8.55. The van der Waals surface area contributed by atoms with E-state index < -0.39 is 21.7 Å². The normalized spacial score (nSPS) is 15.2. The fourth-order valence-electron chi connectivity index (χ4n) is 3.10. The van der Waals surface area contributed by atoms with Gasteiger partial charge >= 0.3 is 0 Å². The summed E-state index contributed by atoms with van der Waals surface area (Å²) in [5, 5.41) is 2.60. The van der Waals surface area contributed by atoms with Crippen molar-refractivity contribution in [2.24, 2.45) is 0 Å². The number of aryl methyl sites for hydroxylation is 1. The molecule has 138 valence electrons. The number of carbonyl (C=O) groups is 1. The van der Waals surface area contributed by atoms with E-state index in [9.17, 15) is 17.6 Å². The number of anilines is 1. The molecule has 0 unspecified atom stereocenters. The predicted octanol–water partition coefficient (Wildman–Crippen LogP) is 3.61. The average molecular weight is 376 g/mol. The maximum absolute atomic E-state index is 14.1. The highest BCUT2D eigenvalue weighted by Gasteiger charge is 2.24. The molecule has 1 aliphatic rings. The first kappa shape index (κ1) is 18.5. The number of hydrogen-bond donors (Lipinski definition) is 2. The summed E-state index contributed by atoms with van der Waals surface area (Å²) in [6.45, 7) is 1.87. The topological polar surface area (TPSA) is 75.3 Å². The first-order valence-corrected chi connectivity index (χ1v) is 10.0. The molecule has 0 bridgehead atoms. The number of benzene rings is 2. The van der Waals surface area contributed by atoms with Crippen molar-refractivity contribution in [3.8, 4) is 0 Å². The molecule has 1 saturated carbocycles. The summed E-state index contributed by atoms with van der Waals surface area (Å²) in [6.07, 6.45) is 3.56. The lowest BCUT2D eigenvalue weighted by Gasteiger charge is -2.13. The lowest BCUT2D eigenvalue weighted by molar-refractivity contribution is 0.102. The molecule has 1 fully saturated rings. The van der Waals surface area contributed by atoms with E-state index in [1.54, 1.807) is 18.2 Å². The lowest BCUT2D eigenvalue weighted by Crippen LogP contribution is -2.32. The Bertz CT molecular complexity index is 922. The molecule has 2 N–H and O–H groups in total. The Labute approximate surface area is 152 Å². The van der Waals surface area contributed by atoms with Gasteiger partial charge < -0.3 is 5.32 Å². The Morgan fingerprint density at radius 3 is 2.54 bits per heavy atom. The van der Waals surface area contributed by atoms with Crippen LogP contribution in [0.5, 0.6) is 0 Å². The Balaban J connectivity index is 1.83. The van der Waals surface area contributed by atoms with Crippen LogP contribution in [0.4, 0.5) is 10.1 Å². The van der Waals surface area contributed by atoms with Crippen molar-refractivity contribution in [2.45, 2.75) is 43.5 Å². The quantitative estimate of drug-likeness (QED) is 0.837. The predicted molar refractivity (Wildman–Crippen MR) is 98.1 cm³/mol. The van der Waals surface area contributed by atoms with Crippen LogP contribution in [0, 0.1) is 12.7 Å². The van der Waals surface area contributed by atoms with Crippen LogP contribution >= 0.6 is 0 Å². The maximum atomic E-state index is 14.1. The number of hydrogen-bond acceptors (Lipinski definition) is 3. The van der Waals surface area contributed by atoms with E-state index in [-0.39, 0.29) is 16.5 Å². The molecule has 2 aromatic carbocycles. The molecular formula is C19H21FN2O3S. The van der Waals surface area contributed by atoms with Gasteiger partial charge in [0.2, 0.25) is 10.0 Å². The lowest BCUT2D eigenvalue weighted by atomic mass is 10.1. The fraction of sp³-hybridized carbons (Fsp3) is 0.316. The summed E-state index contributed by atoms with van der Waals surface area (Å²) in [6, 6.07) is 10.2. The van der Waals surface area contributed by atoms with Crippen molar-refractivity contribution in [3.05, 3.63) is 59.4 Å². The second kappa shape index (κ2) is 7.55. The Morgan fingerprint density at radius 2 is 1.85 bits per heavy atom. The molecule has 1 amide bonds. The Kier molecular flexibility index (Phi) is 5.38. The van der Waals surface area contributed by atoms with Crippen LogP contribution in [0.2, 0.25) is 0 Å². The maximum Gasteiger partial charge on any atom is 0.258 e. The molecule has 7 heteroatoms. The van der Waals surface area contributed by atoms with Gasteiger partial charge in [-0.1, -0.05) is 25.0 Å². The van der Waals surface area contributed by atoms with E-state index in [1.165, 1.54) is 6.07 Å². The highest BCUT2D eigenvalue weighted by Crippen LogP contribution is 2.22. The van der Waals surface area contributed by atoms with Crippen molar-refractivity contribution < 1.29 is 17.6 Å². The second-order valence-electron chi connectivity index (χ2n) is 6.57. The second-order valence-corrected chi connectivity index (χ2v) is 8.28. The smallest absolute Gasteiger partial charge is 0.258 e.